The molecule has 0 spiro atoms. The first-order valence-corrected chi connectivity index (χ1v) is 13.5. The van der Waals surface area contributed by atoms with Gasteiger partial charge in [-0.05, 0) is 59.7 Å². The molecule has 34 heavy (non-hydrogen) atoms. The number of aromatic nitrogens is 1. The van der Waals surface area contributed by atoms with Crippen molar-refractivity contribution in [3.05, 3.63) is 83.7 Å². The summed E-state index contributed by atoms with van der Waals surface area (Å²) >= 11 is 0. The summed E-state index contributed by atoms with van der Waals surface area (Å²) in [6.45, 7) is 7.55. The van der Waals surface area contributed by atoms with Crippen molar-refractivity contribution >= 4 is 0 Å². The lowest BCUT2D eigenvalue weighted by Crippen LogP contribution is -2.00. The molecular formula is C32H43NO. The van der Waals surface area contributed by atoms with Crippen LogP contribution in [0.25, 0.3) is 11.1 Å². The minimum absolute atomic E-state index is 0.288. The van der Waals surface area contributed by atoms with Gasteiger partial charge in [0.25, 0.3) is 0 Å². The quantitative estimate of drug-likeness (QED) is 0.212. The highest BCUT2D eigenvalue weighted by Crippen LogP contribution is 2.27. The topological polar surface area (TPSA) is 22.1 Å². The van der Waals surface area contributed by atoms with Crippen molar-refractivity contribution in [2.45, 2.75) is 90.9 Å². The zero-order valence-electron chi connectivity index (χ0n) is 21.6. The van der Waals surface area contributed by atoms with Gasteiger partial charge in [-0.15, -0.1) is 0 Å². The number of aryl methyl sites for hydroxylation is 1. The second-order valence-corrected chi connectivity index (χ2v) is 9.53. The third kappa shape index (κ3) is 8.31. The Morgan fingerprint density at radius 3 is 1.91 bits per heavy atom. The second kappa shape index (κ2) is 14.6. The first kappa shape index (κ1) is 26.0. The Morgan fingerprint density at radius 2 is 1.29 bits per heavy atom. The van der Waals surface area contributed by atoms with Crippen LogP contribution in [0, 0.1) is 0 Å². The van der Waals surface area contributed by atoms with E-state index in [1.54, 1.807) is 0 Å². The summed E-state index contributed by atoms with van der Waals surface area (Å²) < 4.78 is 5.88. The van der Waals surface area contributed by atoms with Gasteiger partial charge in [0.05, 0.1) is 6.61 Å². The van der Waals surface area contributed by atoms with Crippen molar-refractivity contribution < 1.29 is 4.74 Å². The molecule has 0 fully saturated rings. The van der Waals surface area contributed by atoms with Crippen molar-refractivity contribution in [2.75, 3.05) is 6.61 Å². The summed E-state index contributed by atoms with van der Waals surface area (Å²) in [7, 11) is 0. The Balaban J connectivity index is 1.51. The molecule has 2 nitrogen and oxygen atoms in total. The van der Waals surface area contributed by atoms with E-state index < -0.39 is 0 Å². The lowest BCUT2D eigenvalue weighted by Gasteiger charge is -2.13. The fourth-order valence-electron chi connectivity index (χ4n) is 4.37. The molecule has 0 saturated carbocycles. The van der Waals surface area contributed by atoms with Crippen molar-refractivity contribution in [2.24, 2.45) is 0 Å². The molecule has 0 amide bonds. The SMILES string of the molecule is CCCCCCCc1ccc(C(C)c2ccc(-c3ccc(OCCCCCC)cc3)cc2)nc1. The summed E-state index contributed by atoms with van der Waals surface area (Å²) in [6, 6.07) is 21.9. The lowest BCUT2D eigenvalue weighted by molar-refractivity contribution is 0.305. The van der Waals surface area contributed by atoms with Gasteiger partial charge < -0.3 is 4.74 Å². The maximum atomic E-state index is 5.88. The van der Waals surface area contributed by atoms with Gasteiger partial charge in [-0.1, -0.05) is 108 Å². The average Bonchev–Trinajstić information content (AvgIpc) is 2.89. The monoisotopic (exact) mass is 457 g/mol. The Kier molecular flexibility index (Phi) is 11.2. The van der Waals surface area contributed by atoms with E-state index in [1.807, 2.05) is 0 Å². The smallest absolute Gasteiger partial charge is 0.119 e. The fraction of sp³-hybridized carbons (Fsp3) is 0.469. The molecule has 2 aromatic carbocycles. The highest BCUT2D eigenvalue weighted by atomic mass is 16.5. The van der Waals surface area contributed by atoms with E-state index in [1.165, 1.54) is 73.6 Å². The average molecular weight is 458 g/mol. The fourth-order valence-corrected chi connectivity index (χ4v) is 4.37. The van der Waals surface area contributed by atoms with Crippen LogP contribution in [-0.4, -0.2) is 11.6 Å². The minimum atomic E-state index is 0.288. The minimum Gasteiger partial charge on any atom is -0.494 e. The van der Waals surface area contributed by atoms with Crippen LogP contribution in [0.2, 0.25) is 0 Å². The van der Waals surface area contributed by atoms with Crippen LogP contribution in [0.5, 0.6) is 5.75 Å². The largest absolute Gasteiger partial charge is 0.494 e. The zero-order valence-corrected chi connectivity index (χ0v) is 21.6. The van der Waals surface area contributed by atoms with Gasteiger partial charge in [-0.3, -0.25) is 4.98 Å². The van der Waals surface area contributed by atoms with E-state index in [4.69, 9.17) is 9.72 Å². The van der Waals surface area contributed by atoms with Crippen LogP contribution >= 0.6 is 0 Å². The third-order valence-corrected chi connectivity index (χ3v) is 6.73. The molecule has 2 heteroatoms. The van der Waals surface area contributed by atoms with E-state index in [2.05, 4.69) is 87.6 Å². The van der Waals surface area contributed by atoms with Crippen LogP contribution in [0.4, 0.5) is 0 Å². The second-order valence-electron chi connectivity index (χ2n) is 9.53. The van der Waals surface area contributed by atoms with E-state index >= 15 is 0 Å². The number of hydrogen-bond donors (Lipinski definition) is 0. The summed E-state index contributed by atoms with van der Waals surface area (Å²) in [5, 5.41) is 0. The number of unbranched alkanes of at least 4 members (excludes halogenated alkanes) is 7. The summed E-state index contributed by atoms with van der Waals surface area (Å²) in [5.41, 5.74) is 6.26. The molecule has 0 aliphatic carbocycles. The van der Waals surface area contributed by atoms with Crippen molar-refractivity contribution in [3.8, 4) is 16.9 Å². The highest BCUT2D eigenvalue weighted by Gasteiger charge is 2.10. The highest BCUT2D eigenvalue weighted by molar-refractivity contribution is 5.64. The van der Waals surface area contributed by atoms with Crippen LogP contribution in [0.3, 0.4) is 0 Å². The normalized spacial score (nSPS) is 12.0. The predicted octanol–water partition coefficient (Wildman–Crippen LogP) is 9.37. The zero-order chi connectivity index (χ0) is 24.0. The number of pyridine rings is 1. The maximum Gasteiger partial charge on any atom is 0.119 e. The van der Waals surface area contributed by atoms with E-state index in [-0.39, 0.29) is 5.92 Å². The van der Waals surface area contributed by atoms with E-state index in [9.17, 15) is 0 Å². The molecule has 0 bridgehead atoms. The molecule has 0 saturated heterocycles. The lowest BCUT2D eigenvalue weighted by atomic mass is 9.94. The van der Waals surface area contributed by atoms with E-state index in [0.29, 0.717) is 0 Å². The molecule has 1 heterocycles. The van der Waals surface area contributed by atoms with Gasteiger partial charge in [0.2, 0.25) is 0 Å². The Hall–Kier alpha value is -2.61. The summed E-state index contributed by atoms with van der Waals surface area (Å²) in [5.74, 6) is 1.25. The molecule has 0 N–H and O–H groups in total. The standard InChI is InChI=1S/C32H43NO/c1-4-6-8-10-11-13-27-14-23-32(33-25-27)26(3)28-15-17-29(18-16-28)30-19-21-31(22-20-30)34-24-12-9-7-5-2/h14-23,25-26H,4-13,24H2,1-3H3. The molecule has 1 unspecified atom stereocenters. The molecule has 3 rings (SSSR count). The molecule has 182 valence electrons. The number of ether oxygens (including phenoxy) is 1. The predicted molar refractivity (Wildman–Crippen MR) is 146 cm³/mol. The number of hydrogen-bond acceptors (Lipinski definition) is 2. The van der Waals surface area contributed by atoms with Gasteiger partial charge in [0.1, 0.15) is 5.75 Å². The maximum absolute atomic E-state index is 5.88. The van der Waals surface area contributed by atoms with Crippen molar-refractivity contribution in [1.29, 1.82) is 0 Å². The van der Waals surface area contributed by atoms with Crippen LogP contribution in [0.1, 0.15) is 101 Å². The molecule has 3 aromatic rings. The Morgan fingerprint density at radius 1 is 0.676 bits per heavy atom. The molecular weight excluding hydrogens is 414 g/mol. The molecule has 0 radical (unpaired) electrons. The van der Waals surface area contributed by atoms with Crippen LogP contribution in [-0.2, 0) is 6.42 Å². The molecule has 0 aliphatic rings. The third-order valence-electron chi connectivity index (χ3n) is 6.73. The van der Waals surface area contributed by atoms with Crippen molar-refractivity contribution in [3.63, 3.8) is 0 Å². The van der Waals surface area contributed by atoms with Crippen molar-refractivity contribution in [1.82, 2.24) is 4.98 Å². The molecule has 1 aromatic heterocycles. The van der Waals surface area contributed by atoms with Crippen LogP contribution < -0.4 is 4.74 Å². The molecule has 0 aliphatic heterocycles. The van der Waals surface area contributed by atoms with Gasteiger partial charge >= 0.3 is 0 Å². The number of benzene rings is 2. The van der Waals surface area contributed by atoms with Gasteiger partial charge in [-0.2, -0.15) is 0 Å². The van der Waals surface area contributed by atoms with Gasteiger partial charge in [0, 0.05) is 17.8 Å². The van der Waals surface area contributed by atoms with E-state index in [0.717, 1.165) is 30.9 Å². The Bertz CT molecular complexity index is 928. The molecule has 1 atom stereocenters. The van der Waals surface area contributed by atoms with Gasteiger partial charge in [-0.25, -0.2) is 0 Å². The summed E-state index contributed by atoms with van der Waals surface area (Å²) in [4.78, 5) is 4.79. The van der Waals surface area contributed by atoms with Gasteiger partial charge in [0.15, 0.2) is 0 Å². The first-order chi connectivity index (χ1) is 16.7. The number of nitrogens with zero attached hydrogens (tertiary/aromatic N) is 1. The Labute approximate surface area is 207 Å². The number of rotatable bonds is 15. The first-order valence-electron chi connectivity index (χ1n) is 13.5. The summed E-state index contributed by atoms with van der Waals surface area (Å²) in [6.07, 6.45) is 14.7. The van der Waals surface area contributed by atoms with Crippen LogP contribution in [0.15, 0.2) is 66.9 Å².